The van der Waals surface area contributed by atoms with Gasteiger partial charge in [0.25, 0.3) is 0 Å². The molecule has 18 heavy (non-hydrogen) atoms. The summed E-state index contributed by atoms with van der Waals surface area (Å²) in [7, 11) is 0. The molecule has 0 amide bonds. The highest BCUT2D eigenvalue weighted by atomic mass is 16.4. The highest BCUT2D eigenvalue weighted by Crippen LogP contribution is 2.21. The number of hydrogen-bond acceptors (Lipinski definition) is 5. The first-order chi connectivity index (χ1) is 8.76. The lowest BCUT2D eigenvalue weighted by molar-refractivity contribution is 0.271. The molecule has 0 atom stereocenters. The lowest BCUT2D eigenvalue weighted by Gasteiger charge is -2.01. The number of fused-ring (bicyclic) bond motifs is 1. The predicted molar refractivity (Wildman–Crippen MR) is 63.8 cm³/mol. The molecule has 0 radical (unpaired) electrons. The van der Waals surface area contributed by atoms with E-state index in [1.165, 1.54) is 0 Å². The number of nitrogens with zero attached hydrogens (tertiary/aromatic N) is 2. The molecule has 90 valence electrons. The fourth-order valence-electron chi connectivity index (χ4n) is 1.74. The monoisotopic (exact) mass is 243 g/mol. The van der Waals surface area contributed by atoms with Gasteiger partial charge in [0.05, 0.1) is 11.2 Å². The number of aliphatic hydroxyl groups is 1. The fourth-order valence-corrected chi connectivity index (χ4v) is 1.74. The maximum absolute atomic E-state index is 11.1. The molecule has 0 aliphatic carbocycles. The zero-order chi connectivity index (χ0) is 12.5. The van der Waals surface area contributed by atoms with Gasteiger partial charge in [-0.2, -0.15) is 0 Å². The molecule has 3 rings (SSSR count). The average molecular weight is 243 g/mol. The molecule has 0 saturated heterocycles. The van der Waals surface area contributed by atoms with Crippen molar-refractivity contribution in [3.8, 4) is 11.3 Å². The van der Waals surface area contributed by atoms with Crippen LogP contribution in [0.2, 0.25) is 0 Å². The zero-order valence-electron chi connectivity index (χ0n) is 9.25. The Balaban J connectivity index is 2.15. The molecule has 0 saturated carbocycles. The van der Waals surface area contributed by atoms with Gasteiger partial charge in [0, 0.05) is 11.8 Å². The van der Waals surface area contributed by atoms with Crippen LogP contribution < -0.4 is 5.76 Å². The normalized spacial score (nSPS) is 10.9. The van der Waals surface area contributed by atoms with Crippen molar-refractivity contribution in [2.75, 3.05) is 0 Å². The van der Waals surface area contributed by atoms with E-state index in [1.807, 2.05) is 6.07 Å². The van der Waals surface area contributed by atoms with Crippen LogP contribution in [0.3, 0.4) is 0 Å². The lowest BCUT2D eigenvalue weighted by atomic mass is 10.1. The minimum Gasteiger partial charge on any atom is -0.408 e. The van der Waals surface area contributed by atoms with Crippen LogP contribution in [0.5, 0.6) is 0 Å². The Hall–Kier alpha value is -2.47. The van der Waals surface area contributed by atoms with Gasteiger partial charge in [0.1, 0.15) is 6.61 Å². The first-order valence-electron chi connectivity index (χ1n) is 5.32. The van der Waals surface area contributed by atoms with Gasteiger partial charge < -0.3 is 9.52 Å². The van der Waals surface area contributed by atoms with E-state index < -0.39 is 5.76 Å². The van der Waals surface area contributed by atoms with Gasteiger partial charge in [-0.3, -0.25) is 4.98 Å². The molecule has 2 N–H and O–H groups in total. The van der Waals surface area contributed by atoms with Crippen molar-refractivity contribution in [1.82, 2.24) is 15.0 Å². The predicted octanol–water partition coefficient (Wildman–Crippen LogP) is 1.07. The maximum Gasteiger partial charge on any atom is 0.417 e. The van der Waals surface area contributed by atoms with E-state index >= 15 is 0 Å². The van der Waals surface area contributed by atoms with E-state index in [0.717, 1.165) is 5.56 Å². The molecule has 2 aromatic heterocycles. The van der Waals surface area contributed by atoms with Crippen LogP contribution in [0.4, 0.5) is 0 Å². The molecule has 6 heteroatoms. The van der Waals surface area contributed by atoms with Gasteiger partial charge in [-0.05, 0) is 18.2 Å². The van der Waals surface area contributed by atoms with Crippen LogP contribution in [0.25, 0.3) is 22.4 Å². The lowest BCUT2D eigenvalue weighted by Crippen LogP contribution is -1.95. The Kier molecular flexibility index (Phi) is 2.42. The molecule has 0 unspecified atom stereocenters. The first kappa shape index (κ1) is 10.7. The topological polar surface area (TPSA) is 92.0 Å². The van der Waals surface area contributed by atoms with Crippen LogP contribution >= 0.6 is 0 Å². The van der Waals surface area contributed by atoms with Crippen molar-refractivity contribution in [1.29, 1.82) is 0 Å². The minimum absolute atomic E-state index is 0.213. The molecule has 6 nitrogen and oxygen atoms in total. The summed E-state index contributed by atoms with van der Waals surface area (Å²) < 4.78 is 4.98. The van der Waals surface area contributed by atoms with E-state index in [2.05, 4.69) is 15.0 Å². The molecule has 1 aromatic carbocycles. The van der Waals surface area contributed by atoms with Gasteiger partial charge in [-0.25, -0.2) is 14.8 Å². The average Bonchev–Trinajstić information content (AvgIpc) is 2.77. The summed E-state index contributed by atoms with van der Waals surface area (Å²) >= 11 is 0. The summed E-state index contributed by atoms with van der Waals surface area (Å²) in [6.45, 7) is -0.213. The van der Waals surface area contributed by atoms with E-state index in [0.29, 0.717) is 22.6 Å². The van der Waals surface area contributed by atoms with Gasteiger partial charge in [0.15, 0.2) is 11.4 Å². The molecule has 0 bridgehead atoms. The third-order valence-corrected chi connectivity index (χ3v) is 2.56. The molecule has 3 aromatic rings. The third kappa shape index (κ3) is 1.78. The fraction of sp³-hybridized carbons (Fsp3) is 0.0833. The van der Waals surface area contributed by atoms with Crippen molar-refractivity contribution in [3.63, 3.8) is 0 Å². The number of H-pyrrole nitrogens is 1. The van der Waals surface area contributed by atoms with Crippen molar-refractivity contribution in [2.24, 2.45) is 0 Å². The molecule has 0 spiro atoms. The first-order valence-corrected chi connectivity index (χ1v) is 5.32. The molecule has 2 heterocycles. The molecule has 0 aliphatic heterocycles. The second-order valence-electron chi connectivity index (χ2n) is 3.74. The Labute approximate surface area is 101 Å². The number of nitrogens with one attached hydrogen (secondary N) is 1. The Morgan fingerprint density at radius 2 is 2.22 bits per heavy atom. The smallest absolute Gasteiger partial charge is 0.408 e. The van der Waals surface area contributed by atoms with Gasteiger partial charge >= 0.3 is 5.76 Å². The van der Waals surface area contributed by atoms with Crippen LogP contribution in [-0.4, -0.2) is 20.1 Å². The number of aromatic nitrogens is 3. The number of rotatable bonds is 2. The number of benzene rings is 1. The summed E-state index contributed by atoms with van der Waals surface area (Å²) in [6.07, 6.45) is 1.57. The third-order valence-electron chi connectivity index (χ3n) is 2.56. The van der Waals surface area contributed by atoms with Crippen molar-refractivity contribution in [2.45, 2.75) is 6.61 Å². The van der Waals surface area contributed by atoms with Gasteiger partial charge in [0.2, 0.25) is 0 Å². The zero-order valence-corrected chi connectivity index (χ0v) is 9.25. The molecule has 0 fully saturated rings. The van der Waals surface area contributed by atoms with Crippen LogP contribution in [0.1, 0.15) is 5.82 Å². The van der Waals surface area contributed by atoms with Crippen LogP contribution in [-0.2, 0) is 6.61 Å². The number of aliphatic hydroxyl groups excluding tert-OH is 1. The van der Waals surface area contributed by atoms with Gasteiger partial charge in [-0.1, -0.05) is 6.07 Å². The van der Waals surface area contributed by atoms with Crippen LogP contribution in [0, 0.1) is 0 Å². The molecular weight excluding hydrogens is 234 g/mol. The number of hydrogen-bond donors (Lipinski definition) is 2. The van der Waals surface area contributed by atoms with Crippen LogP contribution in [0.15, 0.2) is 39.7 Å². The standard InChI is InChI=1S/C12H9N3O3/c16-6-11-13-4-3-8(14-11)7-1-2-9-10(5-7)18-12(17)15-9/h1-5,16H,6H2,(H,15,17). The second-order valence-corrected chi connectivity index (χ2v) is 3.74. The van der Waals surface area contributed by atoms with Gasteiger partial charge in [-0.15, -0.1) is 0 Å². The van der Waals surface area contributed by atoms with E-state index in [9.17, 15) is 4.79 Å². The summed E-state index contributed by atoms with van der Waals surface area (Å²) in [4.78, 5) is 21.7. The SMILES string of the molecule is O=c1[nH]c2ccc(-c3ccnc(CO)n3)cc2o1. The molecular formula is C12H9N3O3. The second kappa shape index (κ2) is 4.08. The largest absolute Gasteiger partial charge is 0.417 e. The summed E-state index contributed by atoms with van der Waals surface area (Å²) in [5.41, 5.74) is 2.57. The summed E-state index contributed by atoms with van der Waals surface area (Å²) in [6, 6.07) is 7.01. The summed E-state index contributed by atoms with van der Waals surface area (Å²) in [5, 5.41) is 8.99. The highest BCUT2D eigenvalue weighted by molar-refractivity contribution is 5.78. The Bertz CT molecular complexity index is 760. The van der Waals surface area contributed by atoms with E-state index in [4.69, 9.17) is 9.52 Å². The number of oxazole rings is 1. The summed E-state index contributed by atoms with van der Waals surface area (Å²) in [5.74, 6) is -0.135. The molecule has 0 aliphatic rings. The highest BCUT2D eigenvalue weighted by Gasteiger charge is 2.06. The minimum atomic E-state index is -0.485. The maximum atomic E-state index is 11.1. The Morgan fingerprint density at radius 3 is 3.06 bits per heavy atom. The van der Waals surface area contributed by atoms with Crippen molar-refractivity contribution < 1.29 is 9.52 Å². The van der Waals surface area contributed by atoms with E-state index in [1.54, 1.807) is 24.4 Å². The van der Waals surface area contributed by atoms with E-state index in [-0.39, 0.29) is 6.61 Å². The van der Waals surface area contributed by atoms with Crippen molar-refractivity contribution in [3.05, 3.63) is 46.8 Å². The number of aromatic amines is 1. The quantitative estimate of drug-likeness (QED) is 0.702. The van der Waals surface area contributed by atoms with Crippen molar-refractivity contribution >= 4 is 11.1 Å². The Morgan fingerprint density at radius 1 is 1.33 bits per heavy atom.